The molecule has 0 radical (unpaired) electrons. The van der Waals surface area contributed by atoms with Crippen molar-refractivity contribution in [3.8, 4) is 17.2 Å². The predicted octanol–water partition coefficient (Wildman–Crippen LogP) is 3.41. The van der Waals surface area contributed by atoms with Crippen molar-refractivity contribution in [2.45, 2.75) is 45.3 Å². The molecule has 2 aliphatic heterocycles. The van der Waals surface area contributed by atoms with Gasteiger partial charge in [0.05, 0.1) is 0 Å². The summed E-state index contributed by atoms with van der Waals surface area (Å²) in [5, 5.41) is 0. The molecular weight excluding hydrogens is 392 g/mol. The molecule has 0 aromatic heterocycles. The van der Waals surface area contributed by atoms with Crippen LogP contribution in [0.2, 0.25) is 0 Å². The van der Waals surface area contributed by atoms with Crippen LogP contribution >= 0.6 is 0 Å². The first kappa shape index (κ1) is 20.2. The van der Waals surface area contributed by atoms with Crippen molar-refractivity contribution in [2.75, 3.05) is 33.0 Å². The first-order valence-corrected chi connectivity index (χ1v) is 11.3. The van der Waals surface area contributed by atoms with Crippen LogP contribution in [0.5, 0.6) is 17.2 Å². The lowest BCUT2D eigenvalue weighted by Crippen LogP contribution is -2.51. The Labute approximate surface area is 183 Å². The summed E-state index contributed by atoms with van der Waals surface area (Å²) in [6.07, 6.45) is 4.13. The molecule has 1 atom stereocenters. The summed E-state index contributed by atoms with van der Waals surface area (Å²) in [5.74, 6) is 2.60. The van der Waals surface area contributed by atoms with Crippen LogP contribution in [0.25, 0.3) is 0 Å². The predicted molar refractivity (Wildman–Crippen MR) is 118 cm³/mol. The lowest BCUT2D eigenvalue weighted by atomic mass is 9.91. The van der Waals surface area contributed by atoms with Gasteiger partial charge in [-0.1, -0.05) is 18.2 Å². The van der Waals surface area contributed by atoms with Crippen molar-refractivity contribution < 1.29 is 19.0 Å². The quantitative estimate of drug-likeness (QED) is 0.739. The first-order valence-electron chi connectivity index (χ1n) is 11.3. The molecule has 1 saturated heterocycles. The molecule has 31 heavy (non-hydrogen) atoms. The maximum Gasteiger partial charge on any atom is 0.263 e. The van der Waals surface area contributed by atoms with Crippen molar-refractivity contribution >= 4 is 5.91 Å². The molecule has 3 aliphatic rings. The van der Waals surface area contributed by atoms with Crippen LogP contribution in [0, 0.1) is 0 Å². The normalized spacial score (nSPS) is 19.1. The van der Waals surface area contributed by atoms with Crippen molar-refractivity contribution in [2.24, 2.45) is 0 Å². The molecule has 0 spiro atoms. The highest BCUT2D eigenvalue weighted by Crippen LogP contribution is 2.33. The van der Waals surface area contributed by atoms with E-state index in [0.717, 1.165) is 62.8 Å². The number of aryl methyl sites for hydroxylation is 1. The summed E-state index contributed by atoms with van der Waals surface area (Å²) in [5.41, 5.74) is 3.87. The summed E-state index contributed by atoms with van der Waals surface area (Å²) >= 11 is 0. The third-order valence-electron chi connectivity index (χ3n) is 6.53. The van der Waals surface area contributed by atoms with E-state index in [9.17, 15) is 4.79 Å². The van der Waals surface area contributed by atoms with E-state index in [1.807, 2.05) is 30.0 Å². The second-order valence-corrected chi connectivity index (χ2v) is 8.65. The second kappa shape index (κ2) is 8.79. The van der Waals surface area contributed by atoms with Crippen LogP contribution < -0.4 is 14.2 Å². The fourth-order valence-corrected chi connectivity index (χ4v) is 4.78. The molecule has 1 amide bonds. The summed E-state index contributed by atoms with van der Waals surface area (Å²) in [7, 11) is 0. The van der Waals surface area contributed by atoms with E-state index >= 15 is 0 Å². The van der Waals surface area contributed by atoms with Gasteiger partial charge in [-0.15, -0.1) is 0 Å². The average molecular weight is 423 g/mol. The van der Waals surface area contributed by atoms with Crippen LogP contribution in [0.15, 0.2) is 36.4 Å². The van der Waals surface area contributed by atoms with E-state index in [2.05, 4.69) is 23.1 Å². The molecule has 6 heteroatoms. The fourth-order valence-electron chi connectivity index (χ4n) is 4.78. The van der Waals surface area contributed by atoms with Crippen molar-refractivity contribution in [1.82, 2.24) is 9.80 Å². The lowest BCUT2D eigenvalue weighted by Gasteiger charge is -2.36. The molecule has 2 heterocycles. The van der Waals surface area contributed by atoms with Crippen molar-refractivity contribution in [3.63, 3.8) is 0 Å². The molecule has 2 aromatic carbocycles. The number of fused-ring (bicyclic) bond motifs is 2. The van der Waals surface area contributed by atoms with Gasteiger partial charge in [-0.25, -0.2) is 0 Å². The van der Waals surface area contributed by atoms with Crippen LogP contribution in [-0.4, -0.2) is 54.8 Å². The standard InChI is InChI=1S/C25H30N2O4/c1-18(31-22-8-4-6-20-5-2-3-7-21(20)22)25(28)27-13-11-26(12-14-27)16-19-9-10-23-24(15-19)30-17-29-23/h4,6,8-10,15,18H,2-3,5,7,11-14,16-17H2,1H3. The maximum absolute atomic E-state index is 13.0. The summed E-state index contributed by atoms with van der Waals surface area (Å²) in [6.45, 7) is 6.19. The maximum atomic E-state index is 13.0. The Bertz CT molecular complexity index is 953. The Morgan fingerprint density at radius 1 is 1.03 bits per heavy atom. The van der Waals surface area contributed by atoms with Gasteiger partial charge in [0.15, 0.2) is 17.6 Å². The van der Waals surface area contributed by atoms with E-state index in [1.54, 1.807) is 0 Å². The van der Waals surface area contributed by atoms with Gasteiger partial charge in [0, 0.05) is 32.7 Å². The van der Waals surface area contributed by atoms with Gasteiger partial charge in [0.2, 0.25) is 6.79 Å². The number of piperazine rings is 1. The molecular formula is C25H30N2O4. The van der Waals surface area contributed by atoms with Gasteiger partial charge < -0.3 is 19.1 Å². The van der Waals surface area contributed by atoms with Gasteiger partial charge >= 0.3 is 0 Å². The van der Waals surface area contributed by atoms with Gasteiger partial charge in [0.25, 0.3) is 5.91 Å². The fraction of sp³-hybridized carbons (Fsp3) is 0.480. The highest BCUT2D eigenvalue weighted by molar-refractivity contribution is 5.81. The molecule has 2 aromatic rings. The number of carbonyl (C=O) groups is 1. The van der Waals surface area contributed by atoms with Crippen LogP contribution in [0.4, 0.5) is 0 Å². The minimum atomic E-state index is -0.464. The Morgan fingerprint density at radius 3 is 2.71 bits per heavy atom. The third-order valence-corrected chi connectivity index (χ3v) is 6.53. The molecule has 1 fully saturated rings. The third kappa shape index (κ3) is 4.35. The van der Waals surface area contributed by atoms with Crippen LogP contribution in [-0.2, 0) is 24.2 Å². The SMILES string of the molecule is CC(Oc1cccc2c1CCCC2)C(=O)N1CCN(Cc2ccc3c(c2)OCO3)CC1. The Kier molecular flexibility index (Phi) is 5.72. The number of hydrogen-bond acceptors (Lipinski definition) is 5. The van der Waals surface area contributed by atoms with Gasteiger partial charge in [-0.2, -0.15) is 0 Å². The summed E-state index contributed by atoms with van der Waals surface area (Å²) in [6, 6.07) is 12.4. The number of ether oxygens (including phenoxy) is 3. The zero-order chi connectivity index (χ0) is 21.2. The van der Waals surface area contributed by atoms with Crippen LogP contribution in [0.1, 0.15) is 36.5 Å². The minimum Gasteiger partial charge on any atom is -0.481 e. The number of rotatable bonds is 5. The first-order chi connectivity index (χ1) is 15.2. The van der Waals surface area contributed by atoms with Gasteiger partial charge in [-0.05, 0) is 67.5 Å². The monoisotopic (exact) mass is 422 g/mol. The lowest BCUT2D eigenvalue weighted by molar-refractivity contribution is -0.139. The Morgan fingerprint density at radius 2 is 1.84 bits per heavy atom. The number of nitrogens with zero attached hydrogens (tertiary/aromatic N) is 2. The zero-order valence-corrected chi connectivity index (χ0v) is 18.1. The number of carbonyl (C=O) groups excluding carboxylic acids is 1. The van der Waals surface area contributed by atoms with Gasteiger partial charge in [-0.3, -0.25) is 9.69 Å². The van der Waals surface area contributed by atoms with Crippen molar-refractivity contribution in [3.05, 3.63) is 53.1 Å². The highest BCUT2D eigenvalue weighted by atomic mass is 16.7. The molecule has 1 unspecified atom stereocenters. The van der Waals surface area contributed by atoms with Crippen molar-refractivity contribution in [1.29, 1.82) is 0 Å². The second-order valence-electron chi connectivity index (χ2n) is 8.65. The Hall–Kier alpha value is -2.73. The molecule has 0 bridgehead atoms. The topological polar surface area (TPSA) is 51.2 Å². The Balaban J connectivity index is 1.15. The van der Waals surface area contributed by atoms with E-state index < -0.39 is 6.10 Å². The van der Waals surface area contributed by atoms with Gasteiger partial charge in [0.1, 0.15) is 5.75 Å². The average Bonchev–Trinajstić information content (AvgIpc) is 3.27. The van der Waals surface area contributed by atoms with E-state index in [0.29, 0.717) is 6.79 Å². The van der Waals surface area contributed by atoms with Crippen LogP contribution in [0.3, 0.4) is 0 Å². The van der Waals surface area contributed by atoms with E-state index in [-0.39, 0.29) is 5.91 Å². The molecule has 5 rings (SSSR count). The summed E-state index contributed by atoms with van der Waals surface area (Å²) < 4.78 is 17.0. The molecule has 6 nitrogen and oxygen atoms in total. The molecule has 164 valence electrons. The van der Waals surface area contributed by atoms with E-state index in [4.69, 9.17) is 14.2 Å². The largest absolute Gasteiger partial charge is 0.481 e. The molecule has 0 saturated carbocycles. The number of hydrogen-bond donors (Lipinski definition) is 0. The summed E-state index contributed by atoms with van der Waals surface area (Å²) in [4.78, 5) is 17.3. The minimum absolute atomic E-state index is 0.0798. The highest BCUT2D eigenvalue weighted by Gasteiger charge is 2.27. The number of benzene rings is 2. The molecule has 1 aliphatic carbocycles. The van der Waals surface area contributed by atoms with E-state index in [1.165, 1.54) is 29.5 Å². The molecule has 0 N–H and O–H groups in total. The smallest absolute Gasteiger partial charge is 0.263 e. The zero-order valence-electron chi connectivity index (χ0n) is 18.1. The number of amides is 1.